The number of rotatable bonds is 6. The highest BCUT2D eigenvalue weighted by Gasteiger charge is 2.30. The Kier molecular flexibility index (Phi) is 10.7. The van der Waals surface area contributed by atoms with Crippen molar-refractivity contribution in [2.45, 2.75) is 35.1 Å². The lowest BCUT2D eigenvalue weighted by molar-refractivity contribution is 0.0894. The maximum atomic E-state index is 12.7. The van der Waals surface area contributed by atoms with Gasteiger partial charge in [0.2, 0.25) is 6.19 Å². The highest BCUT2D eigenvalue weighted by Crippen LogP contribution is 2.33. The van der Waals surface area contributed by atoms with Crippen LogP contribution in [0.25, 0.3) is 0 Å². The summed E-state index contributed by atoms with van der Waals surface area (Å²) in [6.45, 7) is 3.85. The molecule has 12 heteroatoms. The molecule has 0 aromatic carbocycles. The predicted octanol–water partition coefficient (Wildman–Crippen LogP) is 7.14. The molecule has 2 rings (SSSR count). The van der Waals surface area contributed by atoms with Crippen LogP contribution in [0.15, 0.2) is 41.0 Å². The SMILES string of the molecule is CC(c1ccc(C(F)(F)Cl)nc1)S(C)=NC#N.CSC(C)c1ccc(C(F)(F)Cl)nc1. The van der Waals surface area contributed by atoms with Crippen molar-refractivity contribution in [1.82, 2.24) is 9.97 Å². The molecule has 0 radical (unpaired) electrons. The van der Waals surface area contributed by atoms with Crippen LogP contribution in [-0.4, -0.2) is 22.5 Å². The first kappa shape index (κ1) is 27.6. The predicted molar refractivity (Wildman–Crippen MR) is 120 cm³/mol. The molecule has 170 valence electrons. The van der Waals surface area contributed by atoms with E-state index in [1.165, 1.54) is 30.6 Å². The first-order valence-corrected chi connectivity index (χ1v) is 12.3. The Balaban J connectivity index is 0.000000316. The van der Waals surface area contributed by atoms with Gasteiger partial charge in [-0.05, 0) is 72.8 Å². The number of nitriles is 1. The van der Waals surface area contributed by atoms with Crippen LogP contribution in [0.4, 0.5) is 17.6 Å². The van der Waals surface area contributed by atoms with Gasteiger partial charge in [0.05, 0.1) is 0 Å². The Morgan fingerprint density at radius 1 is 1.00 bits per heavy atom. The topological polar surface area (TPSA) is 61.9 Å². The van der Waals surface area contributed by atoms with Crippen LogP contribution in [-0.2, 0) is 21.5 Å². The van der Waals surface area contributed by atoms with Crippen molar-refractivity contribution in [3.63, 3.8) is 0 Å². The summed E-state index contributed by atoms with van der Waals surface area (Å²) in [5.41, 5.74) is 0.779. The van der Waals surface area contributed by atoms with Crippen LogP contribution < -0.4 is 0 Å². The quantitative estimate of drug-likeness (QED) is 0.233. The van der Waals surface area contributed by atoms with Crippen molar-refractivity contribution >= 4 is 45.7 Å². The molecule has 0 aliphatic rings. The Hall–Kier alpha value is -1.41. The standard InChI is InChI=1S/C10H10ClF2N3S.C9H10ClF2NS/c1-7(17(2)16-6-14)8-3-4-9(15-5-8)10(11,12)13;1-6(14-2)7-3-4-8(13-5-7)9(10,11)12/h3-5,7H,1-2H3;3-6H,1-2H3. The van der Waals surface area contributed by atoms with E-state index in [2.05, 4.69) is 14.3 Å². The summed E-state index contributed by atoms with van der Waals surface area (Å²) in [6.07, 6.45) is 8.26. The molecule has 0 N–H and O–H groups in total. The zero-order valence-corrected chi connectivity index (χ0v) is 20.1. The second-order valence-corrected chi connectivity index (χ2v) is 10.2. The molecule has 31 heavy (non-hydrogen) atoms. The van der Waals surface area contributed by atoms with E-state index in [1.807, 2.05) is 20.1 Å². The molecule has 0 bridgehead atoms. The highest BCUT2D eigenvalue weighted by atomic mass is 35.5. The van der Waals surface area contributed by atoms with E-state index in [1.54, 1.807) is 30.3 Å². The van der Waals surface area contributed by atoms with Gasteiger partial charge in [0, 0.05) is 22.9 Å². The Bertz CT molecular complexity index is 909. The van der Waals surface area contributed by atoms with Gasteiger partial charge in [0.1, 0.15) is 11.4 Å². The normalized spacial score (nSPS) is 14.7. The van der Waals surface area contributed by atoms with E-state index in [0.29, 0.717) is 0 Å². The maximum absolute atomic E-state index is 12.7. The number of pyridine rings is 2. The third-order valence-corrected chi connectivity index (χ3v) is 7.17. The molecular weight excluding hydrogens is 495 g/mol. The molecule has 0 aliphatic carbocycles. The summed E-state index contributed by atoms with van der Waals surface area (Å²) in [6, 6.07) is 5.59. The lowest BCUT2D eigenvalue weighted by Crippen LogP contribution is -2.08. The third kappa shape index (κ3) is 8.93. The van der Waals surface area contributed by atoms with E-state index in [-0.39, 0.29) is 10.5 Å². The van der Waals surface area contributed by atoms with Gasteiger partial charge in [-0.3, -0.25) is 9.97 Å². The minimum absolute atomic E-state index is 0.0415. The summed E-state index contributed by atoms with van der Waals surface area (Å²) >= 11 is 11.3. The average Bonchev–Trinajstić information content (AvgIpc) is 2.72. The van der Waals surface area contributed by atoms with Crippen LogP contribution in [0.2, 0.25) is 0 Å². The second kappa shape index (κ2) is 12.0. The van der Waals surface area contributed by atoms with Crippen LogP contribution in [0.5, 0.6) is 0 Å². The molecule has 2 heterocycles. The van der Waals surface area contributed by atoms with Crippen molar-refractivity contribution in [2.75, 3.05) is 12.5 Å². The Labute approximate surface area is 195 Å². The molecule has 2 aromatic heterocycles. The van der Waals surface area contributed by atoms with E-state index < -0.39 is 32.8 Å². The van der Waals surface area contributed by atoms with Crippen LogP contribution in [0, 0.1) is 11.5 Å². The minimum atomic E-state index is -3.45. The van der Waals surface area contributed by atoms with Gasteiger partial charge in [0.15, 0.2) is 0 Å². The summed E-state index contributed by atoms with van der Waals surface area (Å²) < 4.78 is 54.3. The summed E-state index contributed by atoms with van der Waals surface area (Å²) in [5, 5.41) is 1.82. The lowest BCUT2D eigenvalue weighted by atomic mass is 10.2. The molecule has 0 saturated heterocycles. The van der Waals surface area contributed by atoms with Gasteiger partial charge >= 0.3 is 10.8 Å². The van der Waals surface area contributed by atoms with Gasteiger partial charge < -0.3 is 0 Å². The maximum Gasteiger partial charge on any atom is 0.364 e. The summed E-state index contributed by atoms with van der Waals surface area (Å²) in [4.78, 5) is 7.24. The van der Waals surface area contributed by atoms with Gasteiger partial charge in [-0.15, -0.1) is 0 Å². The van der Waals surface area contributed by atoms with Gasteiger partial charge in [0.25, 0.3) is 0 Å². The first-order valence-electron chi connectivity index (χ1n) is 8.65. The monoisotopic (exact) mass is 514 g/mol. The van der Waals surface area contributed by atoms with Gasteiger partial charge in [-0.25, -0.2) is 0 Å². The lowest BCUT2D eigenvalue weighted by Gasteiger charge is -2.12. The molecule has 0 amide bonds. The molecule has 0 aliphatic heterocycles. The minimum Gasteiger partial charge on any atom is -0.253 e. The van der Waals surface area contributed by atoms with Crippen molar-refractivity contribution in [3.8, 4) is 6.19 Å². The van der Waals surface area contributed by atoms with Gasteiger partial charge in [-0.1, -0.05) is 22.8 Å². The van der Waals surface area contributed by atoms with Crippen molar-refractivity contribution in [1.29, 1.82) is 5.26 Å². The number of alkyl halides is 6. The smallest absolute Gasteiger partial charge is 0.253 e. The molecule has 2 aromatic rings. The van der Waals surface area contributed by atoms with Crippen molar-refractivity contribution in [3.05, 3.63) is 59.2 Å². The van der Waals surface area contributed by atoms with E-state index >= 15 is 0 Å². The number of aromatic nitrogens is 2. The van der Waals surface area contributed by atoms with Crippen LogP contribution in [0.3, 0.4) is 0 Å². The first-order chi connectivity index (χ1) is 14.3. The summed E-state index contributed by atoms with van der Waals surface area (Å²) in [7, 11) is -0.490. The number of hydrogen-bond acceptors (Lipinski definition) is 5. The van der Waals surface area contributed by atoms with Crippen LogP contribution in [0.1, 0.15) is 46.9 Å². The fourth-order valence-electron chi connectivity index (χ4n) is 2.10. The Morgan fingerprint density at radius 2 is 1.45 bits per heavy atom. The number of thioether (sulfide) groups is 1. The Morgan fingerprint density at radius 3 is 1.77 bits per heavy atom. The zero-order chi connectivity index (χ0) is 23.8. The fourth-order valence-corrected chi connectivity index (χ4v) is 3.56. The highest BCUT2D eigenvalue weighted by molar-refractivity contribution is 7.98. The summed E-state index contributed by atoms with van der Waals surface area (Å²) in [5.74, 6) is 0. The van der Waals surface area contributed by atoms with Crippen LogP contribution >= 0.6 is 35.0 Å². The van der Waals surface area contributed by atoms with E-state index in [9.17, 15) is 17.6 Å². The molecule has 0 spiro atoms. The second-order valence-electron chi connectivity index (χ2n) is 6.18. The molecule has 0 fully saturated rings. The molecule has 4 nitrogen and oxygen atoms in total. The largest absolute Gasteiger partial charge is 0.364 e. The molecule has 3 unspecified atom stereocenters. The fraction of sp³-hybridized carbons (Fsp3) is 0.421. The third-order valence-electron chi connectivity index (χ3n) is 4.14. The number of halogens is 6. The van der Waals surface area contributed by atoms with Crippen molar-refractivity contribution in [2.24, 2.45) is 4.36 Å². The van der Waals surface area contributed by atoms with E-state index in [0.717, 1.165) is 11.1 Å². The van der Waals surface area contributed by atoms with Crippen molar-refractivity contribution < 1.29 is 17.6 Å². The zero-order valence-electron chi connectivity index (χ0n) is 17.0. The average molecular weight is 515 g/mol. The van der Waals surface area contributed by atoms with E-state index in [4.69, 9.17) is 28.5 Å². The molecule has 0 saturated carbocycles. The number of hydrogen-bond donors (Lipinski definition) is 0. The molecule has 3 atom stereocenters. The number of nitrogens with zero attached hydrogens (tertiary/aromatic N) is 4. The molecular formula is C19H20Cl2F4N4S2. The van der Waals surface area contributed by atoms with Gasteiger partial charge in [-0.2, -0.15) is 38.9 Å².